The number of ketones is 1. The van der Waals surface area contributed by atoms with E-state index in [2.05, 4.69) is 33.8 Å². The monoisotopic (exact) mass is 609 g/mol. The standard InChI is InChI=1S/C34H39N7O4/c1-5-29(43)20-7-9-41-23(12-20)15-30(37-41)36-26-13-22(18-38(4)32(26)44)24-6-8-35-31(25(24)19-42)40-11-10-39-27(33(40)45)14-21-16-34(2,3)17-28(21)39/h6,8,13-15,18,20,42H,5,7,9-12,16-17,19H2,1-4H3,(H,36,37). The van der Waals surface area contributed by atoms with E-state index in [9.17, 15) is 19.5 Å². The molecule has 6 heterocycles. The molecular formula is C34H39N7O4. The molecule has 2 N–H and O–H groups in total. The molecule has 0 radical (unpaired) electrons. The number of hydrogen-bond acceptors (Lipinski definition) is 7. The van der Waals surface area contributed by atoms with Crippen LogP contribution in [-0.2, 0) is 50.8 Å². The summed E-state index contributed by atoms with van der Waals surface area (Å²) in [6.45, 7) is 7.86. The Labute approximate surface area is 261 Å². The van der Waals surface area contributed by atoms with Gasteiger partial charge in [0.15, 0.2) is 5.82 Å². The lowest BCUT2D eigenvalue weighted by atomic mass is 9.90. The van der Waals surface area contributed by atoms with Crippen LogP contribution in [0, 0.1) is 11.3 Å². The predicted molar refractivity (Wildman–Crippen MR) is 171 cm³/mol. The number of anilines is 3. The third-order valence-electron chi connectivity index (χ3n) is 9.64. The van der Waals surface area contributed by atoms with E-state index in [1.165, 1.54) is 15.8 Å². The fourth-order valence-corrected chi connectivity index (χ4v) is 7.41. The van der Waals surface area contributed by atoms with Gasteiger partial charge in [0.25, 0.3) is 11.5 Å². The number of pyridine rings is 2. The molecule has 0 aromatic carbocycles. The first-order valence-electron chi connectivity index (χ1n) is 15.8. The second-order valence-corrected chi connectivity index (χ2v) is 13.4. The van der Waals surface area contributed by atoms with Gasteiger partial charge in [0.05, 0.1) is 6.61 Å². The molecule has 4 aromatic rings. The topological polar surface area (TPSA) is 127 Å². The molecule has 1 atom stereocenters. The lowest BCUT2D eigenvalue weighted by Crippen LogP contribution is -2.41. The highest BCUT2D eigenvalue weighted by Crippen LogP contribution is 2.40. The van der Waals surface area contributed by atoms with Crippen molar-refractivity contribution in [1.82, 2.24) is 23.9 Å². The Bertz CT molecular complexity index is 1910. The summed E-state index contributed by atoms with van der Waals surface area (Å²) in [5, 5.41) is 18.5. The molecule has 0 spiro atoms. The van der Waals surface area contributed by atoms with Crippen LogP contribution >= 0.6 is 0 Å². The fourth-order valence-electron chi connectivity index (χ4n) is 7.41. The summed E-state index contributed by atoms with van der Waals surface area (Å²) in [4.78, 5) is 45.6. The minimum atomic E-state index is -0.328. The van der Waals surface area contributed by atoms with Crippen molar-refractivity contribution in [1.29, 1.82) is 0 Å². The SMILES string of the molecule is CCC(=O)C1CCn2nc(Nc3cc(-c4ccnc(N5CCn6c(cc7c6CC(C)(C)C7)C5=O)c4CO)cn(C)c3=O)cc2C1. The highest BCUT2D eigenvalue weighted by molar-refractivity contribution is 6.06. The van der Waals surface area contributed by atoms with Crippen molar-refractivity contribution in [3.8, 4) is 11.1 Å². The third kappa shape index (κ3) is 4.99. The van der Waals surface area contributed by atoms with Crippen LogP contribution < -0.4 is 15.8 Å². The molecule has 0 bridgehead atoms. The molecule has 1 amide bonds. The van der Waals surface area contributed by atoms with E-state index in [4.69, 9.17) is 0 Å². The van der Waals surface area contributed by atoms with E-state index >= 15 is 0 Å². The second kappa shape index (κ2) is 10.8. The van der Waals surface area contributed by atoms with Gasteiger partial charge in [-0.25, -0.2) is 4.98 Å². The van der Waals surface area contributed by atoms with Crippen molar-refractivity contribution in [2.75, 3.05) is 16.8 Å². The fraction of sp³-hybridized carbons (Fsp3) is 0.441. The second-order valence-electron chi connectivity index (χ2n) is 13.4. The molecule has 0 fully saturated rings. The van der Waals surface area contributed by atoms with Crippen LogP contribution in [0.25, 0.3) is 11.1 Å². The number of carbonyl (C=O) groups excluding carboxylic acids is 2. The van der Waals surface area contributed by atoms with Crippen LogP contribution in [0.4, 0.5) is 17.3 Å². The number of fused-ring (bicyclic) bond motifs is 4. The Morgan fingerprint density at radius 3 is 2.73 bits per heavy atom. The quantitative estimate of drug-likeness (QED) is 0.324. The lowest BCUT2D eigenvalue weighted by molar-refractivity contribution is -0.123. The van der Waals surface area contributed by atoms with Gasteiger partial charge in [-0.3, -0.25) is 24.0 Å². The van der Waals surface area contributed by atoms with Crippen molar-refractivity contribution in [3.63, 3.8) is 0 Å². The van der Waals surface area contributed by atoms with Gasteiger partial charge in [-0.15, -0.1) is 0 Å². The number of Topliss-reactive ketones (excluding diaryl/α,β-unsaturated/α-hetero) is 1. The Hall–Kier alpha value is -4.51. The van der Waals surface area contributed by atoms with E-state index in [0.29, 0.717) is 72.2 Å². The average molecular weight is 610 g/mol. The van der Waals surface area contributed by atoms with Gasteiger partial charge in [0.2, 0.25) is 0 Å². The molecule has 3 aliphatic rings. The zero-order valence-electron chi connectivity index (χ0n) is 26.3. The lowest BCUT2D eigenvalue weighted by Gasteiger charge is -2.31. The van der Waals surface area contributed by atoms with Gasteiger partial charge in [-0.2, -0.15) is 5.10 Å². The zero-order valence-corrected chi connectivity index (χ0v) is 26.3. The van der Waals surface area contributed by atoms with Crippen molar-refractivity contribution in [2.45, 2.75) is 72.6 Å². The Morgan fingerprint density at radius 1 is 1.13 bits per heavy atom. The Kier molecular flexibility index (Phi) is 7.03. The maximum Gasteiger partial charge on any atom is 0.276 e. The molecule has 2 aliphatic heterocycles. The summed E-state index contributed by atoms with van der Waals surface area (Å²) in [6, 6.07) is 7.48. The number of rotatable bonds is 7. The highest BCUT2D eigenvalue weighted by Gasteiger charge is 2.37. The van der Waals surface area contributed by atoms with E-state index in [1.54, 1.807) is 36.5 Å². The minimum Gasteiger partial charge on any atom is -0.392 e. The van der Waals surface area contributed by atoms with Gasteiger partial charge < -0.3 is 19.6 Å². The van der Waals surface area contributed by atoms with Gasteiger partial charge >= 0.3 is 0 Å². The average Bonchev–Trinajstić information content (AvgIpc) is 3.67. The van der Waals surface area contributed by atoms with Crippen molar-refractivity contribution >= 4 is 29.0 Å². The predicted octanol–water partition coefficient (Wildman–Crippen LogP) is 4.01. The largest absolute Gasteiger partial charge is 0.392 e. The number of nitrogens with one attached hydrogen (secondary N) is 1. The smallest absolute Gasteiger partial charge is 0.276 e. The normalized spacial score (nSPS) is 18.5. The molecule has 11 heteroatoms. The van der Waals surface area contributed by atoms with Crippen LogP contribution in [0.5, 0.6) is 0 Å². The number of amides is 1. The molecule has 1 aliphatic carbocycles. The number of carbonyl (C=O) groups is 2. The van der Waals surface area contributed by atoms with Gasteiger partial charge in [0, 0.05) is 80.0 Å². The number of hydrogen-bond donors (Lipinski definition) is 2. The number of aromatic nitrogens is 5. The van der Waals surface area contributed by atoms with Gasteiger partial charge in [0.1, 0.15) is 23.0 Å². The first kappa shape index (κ1) is 29.2. The van der Waals surface area contributed by atoms with Crippen molar-refractivity contribution in [3.05, 3.63) is 75.2 Å². The minimum absolute atomic E-state index is 0.00477. The van der Waals surface area contributed by atoms with Crippen LogP contribution in [0.3, 0.4) is 0 Å². The molecule has 4 aromatic heterocycles. The maximum atomic E-state index is 13.8. The number of aryl methyl sites for hydroxylation is 2. The summed E-state index contributed by atoms with van der Waals surface area (Å²) in [5.41, 5.74) is 6.33. The molecule has 0 saturated heterocycles. The first-order valence-corrected chi connectivity index (χ1v) is 15.8. The molecule has 45 heavy (non-hydrogen) atoms. The van der Waals surface area contributed by atoms with Crippen LogP contribution in [0.2, 0.25) is 0 Å². The Balaban J connectivity index is 1.19. The van der Waals surface area contributed by atoms with E-state index in [0.717, 1.165) is 25.0 Å². The highest BCUT2D eigenvalue weighted by atomic mass is 16.3. The number of nitrogens with zero attached hydrogens (tertiary/aromatic N) is 6. The Morgan fingerprint density at radius 2 is 1.96 bits per heavy atom. The third-order valence-corrected chi connectivity index (χ3v) is 9.64. The molecule has 0 saturated carbocycles. The molecule has 11 nitrogen and oxygen atoms in total. The summed E-state index contributed by atoms with van der Waals surface area (Å²) in [6.07, 6.45) is 7.20. The van der Waals surface area contributed by atoms with Crippen LogP contribution in [0.15, 0.2) is 41.5 Å². The molecular weight excluding hydrogens is 570 g/mol. The van der Waals surface area contributed by atoms with E-state index in [1.807, 2.05) is 23.7 Å². The van der Waals surface area contributed by atoms with Gasteiger partial charge in [-0.05, 0) is 60.4 Å². The van der Waals surface area contributed by atoms with E-state index < -0.39 is 0 Å². The van der Waals surface area contributed by atoms with Crippen molar-refractivity contribution in [2.24, 2.45) is 18.4 Å². The summed E-state index contributed by atoms with van der Waals surface area (Å²) >= 11 is 0. The van der Waals surface area contributed by atoms with Crippen molar-refractivity contribution < 1.29 is 14.7 Å². The molecule has 234 valence electrons. The number of aliphatic hydroxyl groups excluding tert-OH is 1. The molecule has 1 unspecified atom stereocenters. The zero-order chi connectivity index (χ0) is 31.6. The first-order chi connectivity index (χ1) is 21.6. The van der Waals surface area contributed by atoms with Gasteiger partial charge in [-0.1, -0.05) is 20.8 Å². The molecule has 7 rings (SSSR count). The maximum absolute atomic E-state index is 13.8. The van der Waals surface area contributed by atoms with E-state index in [-0.39, 0.29) is 35.2 Å². The summed E-state index contributed by atoms with van der Waals surface area (Å²) in [5.74, 6) is 1.11. The summed E-state index contributed by atoms with van der Waals surface area (Å²) in [7, 11) is 1.68. The summed E-state index contributed by atoms with van der Waals surface area (Å²) < 4.78 is 5.55. The number of aliphatic hydroxyl groups is 1. The van der Waals surface area contributed by atoms with Crippen LogP contribution in [0.1, 0.15) is 66.6 Å². The van der Waals surface area contributed by atoms with Crippen LogP contribution in [-0.4, -0.2) is 47.2 Å².